The number of aromatic nitrogens is 2. The van der Waals surface area contributed by atoms with Crippen molar-refractivity contribution in [2.75, 3.05) is 0 Å². The van der Waals surface area contributed by atoms with Crippen molar-refractivity contribution >= 4 is 5.65 Å². The highest BCUT2D eigenvalue weighted by molar-refractivity contribution is 5.67. The van der Waals surface area contributed by atoms with E-state index >= 15 is 0 Å². The lowest BCUT2D eigenvalue weighted by Gasteiger charge is -2.09. The Morgan fingerprint density at radius 2 is 1.73 bits per heavy atom. The summed E-state index contributed by atoms with van der Waals surface area (Å²) in [6.45, 7) is 8.21. The summed E-state index contributed by atoms with van der Waals surface area (Å²) in [6.07, 6.45) is 1.41. The van der Waals surface area contributed by atoms with Crippen LogP contribution in [-0.2, 0) is 0 Å². The molecular formula is C19H22N2O. The van der Waals surface area contributed by atoms with E-state index in [-0.39, 0.29) is 0 Å². The van der Waals surface area contributed by atoms with Crippen molar-refractivity contribution in [3.05, 3.63) is 59.4 Å². The first-order chi connectivity index (χ1) is 10.5. The van der Waals surface area contributed by atoms with Gasteiger partial charge in [-0.1, -0.05) is 38.1 Å². The lowest BCUT2D eigenvalue weighted by Crippen LogP contribution is -1.99. The number of aryl methyl sites for hydroxylation is 1. The maximum absolute atomic E-state index is 10.2. The van der Waals surface area contributed by atoms with Gasteiger partial charge in [0.15, 0.2) is 0 Å². The lowest BCUT2D eigenvalue weighted by atomic mass is 10.00. The normalized spacial score (nSPS) is 13.0. The molecule has 0 fully saturated rings. The van der Waals surface area contributed by atoms with E-state index in [0.717, 1.165) is 28.2 Å². The number of imidazole rings is 1. The molecule has 22 heavy (non-hydrogen) atoms. The Labute approximate surface area is 131 Å². The fourth-order valence-corrected chi connectivity index (χ4v) is 2.80. The molecule has 0 amide bonds. The minimum absolute atomic E-state index is 0.508. The van der Waals surface area contributed by atoms with Crippen molar-refractivity contribution < 1.29 is 5.11 Å². The number of benzene rings is 1. The Bertz CT molecular complexity index is 798. The van der Waals surface area contributed by atoms with E-state index in [9.17, 15) is 5.11 Å². The zero-order valence-corrected chi connectivity index (χ0v) is 13.5. The number of aliphatic hydroxyl groups excluding tert-OH is 1. The van der Waals surface area contributed by atoms with Crippen LogP contribution in [0, 0.1) is 6.92 Å². The first kappa shape index (κ1) is 14.8. The van der Waals surface area contributed by atoms with Gasteiger partial charge in [0.1, 0.15) is 5.65 Å². The molecule has 1 unspecified atom stereocenters. The van der Waals surface area contributed by atoms with Crippen molar-refractivity contribution in [1.29, 1.82) is 0 Å². The summed E-state index contributed by atoms with van der Waals surface area (Å²) in [5.41, 5.74) is 6.09. The Hall–Kier alpha value is -2.13. The SMILES string of the molecule is Cc1ccn2c(C(C)O)c(-c3ccc(C(C)C)cc3)nc2c1. The minimum Gasteiger partial charge on any atom is -0.387 e. The van der Waals surface area contributed by atoms with Crippen LogP contribution >= 0.6 is 0 Å². The summed E-state index contributed by atoms with van der Waals surface area (Å²) in [5, 5.41) is 10.2. The molecule has 3 heteroatoms. The number of aliphatic hydroxyl groups is 1. The molecule has 2 aromatic heterocycles. The van der Waals surface area contributed by atoms with Gasteiger partial charge in [-0.3, -0.25) is 0 Å². The van der Waals surface area contributed by atoms with E-state index < -0.39 is 6.10 Å². The van der Waals surface area contributed by atoms with E-state index in [1.807, 2.05) is 29.7 Å². The first-order valence-corrected chi connectivity index (χ1v) is 7.74. The van der Waals surface area contributed by atoms with Crippen LogP contribution in [0.1, 0.15) is 49.6 Å². The van der Waals surface area contributed by atoms with Gasteiger partial charge in [0.05, 0.1) is 17.5 Å². The smallest absolute Gasteiger partial charge is 0.138 e. The van der Waals surface area contributed by atoms with Gasteiger partial charge in [-0.2, -0.15) is 0 Å². The molecule has 0 spiro atoms. The molecule has 1 aromatic carbocycles. The number of fused-ring (bicyclic) bond motifs is 1. The Morgan fingerprint density at radius 1 is 1.05 bits per heavy atom. The van der Waals surface area contributed by atoms with Gasteiger partial charge in [0, 0.05) is 11.8 Å². The first-order valence-electron chi connectivity index (χ1n) is 7.74. The third-order valence-corrected chi connectivity index (χ3v) is 4.07. The quantitative estimate of drug-likeness (QED) is 0.773. The van der Waals surface area contributed by atoms with Crippen LogP contribution in [0.2, 0.25) is 0 Å². The third kappa shape index (κ3) is 2.53. The number of pyridine rings is 1. The molecule has 0 aliphatic carbocycles. The summed E-state index contributed by atoms with van der Waals surface area (Å²) < 4.78 is 1.98. The third-order valence-electron chi connectivity index (χ3n) is 4.07. The molecule has 2 heterocycles. The second-order valence-electron chi connectivity index (χ2n) is 6.23. The van der Waals surface area contributed by atoms with Crippen LogP contribution in [-0.4, -0.2) is 14.5 Å². The van der Waals surface area contributed by atoms with Gasteiger partial charge in [-0.05, 0) is 43.0 Å². The summed E-state index contributed by atoms with van der Waals surface area (Å²) in [4.78, 5) is 4.74. The maximum Gasteiger partial charge on any atom is 0.138 e. The molecule has 3 nitrogen and oxygen atoms in total. The molecule has 1 atom stereocenters. The predicted octanol–water partition coefficient (Wildman–Crippen LogP) is 4.49. The summed E-state index contributed by atoms with van der Waals surface area (Å²) in [7, 11) is 0. The van der Waals surface area contributed by atoms with E-state index in [4.69, 9.17) is 4.98 Å². The Morgan fingerprint density at radius 3 is 2.32 bits per heavy atom. The largest absolute Gasteiger partial charge is 0.387 e. The molecular weight excluding hydrogens is 272 g/mol. The molecule has 0 bridgehead atoms. The highest BCUT2D eigenvalue weighted by Gasteiger charge is 2.18. The van der Waals surface area contributed by atoms with E-state index in [1.165, 1.54) is 5.56 Å². The van der Waals surface area contributed by atoms with Crippen molar-refractivity contribution in [1.82, 2.24) is 9.38 Å². The van der Waals surface area contributed by atoms with Crippen LogP contribution in [0.3, 0.4) is 0 Å². The highest BCUT2D eigenvalue weighted by atomic mass is 16.3. The average molecular weight is 294 g/mol. The molecule has 0 saturated heterocycles. The molecule has 0 aliphatic rings. The zero-order chi connectivity index (χ0) is 15.9. The van der Waals surface area contributed by atoms with Gasteiger partial charge in [-0.25, -0.2) is 4.98 Å². The number of nitrogens with zero attached hydrogens (tertiary/aromatic N) is 2. The summed E-state index contributed by atoms with van der Waals surface area (Å²) >= 11 is 0. The van der Waals surface area contributed by atoms with Crippen molar-refractivity contribution in [3.63, 3.8) is 0 Å². The topological polar surface area (TPSA) is 37.5 Å². The van der Waals surface area contributed by atoms with Crippen LogP contribution in [0.15, 0.2) is 42.6 Å². The van der Waals surface area contributed by atoms with Gasteiger partial charge in [-0.15, -0.1) is 0 Å². The van der Waals surface area contributed by atoms with Crippen molar-refractivity contribution in [2.45, 2.75) is 39.7 Å². The molecule has 3 aromatic rings. The van der Waals surface area contributed by atoms with Crippen LogP contribution in [0.5, 0.6) is 0 Å². The molecule has 0 radical (unpaired) electrons. The number of rotatable bonds is 3. The van der Waals surface area contributed by atoms with E-state index in [2.05, 4.69) is 38.1 Å². The van der Waals surface area contributed by atoms with Gasteiger partial charge in [0.2, 0.25) is 0 Å². The minimum atomic E-state index is -0.572. The molecule has 0 saturated carbocycles. The summed E-state index contributed by atoms with van der Waals surface area (Å²) in [5.74, 6) is 0.508. The zero-order valence-electron chi connectivity index (χ0n) is 13.5. The summed E-state index contributed by atoms with van der Waals surface area (Å²) in [6, 6.07) is 12.5. The molecule has 0 aliphatic heterocycles. The fourth-order valence-electron chi connectivity index (χ4n) is 2.80. The van der Waals surface area contributed by atoms with Crippen molar-refractivity contribution in [3.8, 4) is 11.3 Å². The molecule has 3 rings (SSSR count). The second-order valence-corrected chi connectivity index (χ2v) is 6.23. The van der Waals surface area contributed by atoms with Crippen LogP contribution in [0.25, 0.3) is 16.9 Å². The number of hydrogen-bond acceptors (Lipinski definition) is 2. The van der Waals surface area contributed by atoms with Gasteiger partial charge < -0.3 is 9.51 Å². The molecule has 1 N–H and O–H groups in total. The van der Waals surface area contributed by atoms with Crippen LogP contribution in [0.4, 0.5) is 0 Å². The van der Waals surface area contributed by atoms with Gasteiger partial charge in [0.25, 0.3) is 0 Å². The second kappa shape index (κ2) is 5.58. The maximum atomic E-state index is 10.2. The lowest BCUT2D eigenvalue weighted by molar-refractivity contribution is 0.194. The fraction of sp³-hybridized carbons (Fsp3) is 0.316. The highest BCUT2D eigenvalue weighted by Crippen LogP contribution is 2.30. The van der Waals surface area contributed by atoms with Crippen molar-refractivity contribution in [2.24, 2.45) is 0 Å². The van der Waals surface area contributed by atoms with E-state index in [1.54, 1.807) is 6.92 Å². The standard InChI is InChI=1S/C19H22N2O/c1-12(2)15-5-7-16(8-6-15)18-19(14(4)22)21-10-9-13(3)11-17(21)20-18/h5-12,14,22H,1-4H3. The number of hydrogen-bond donors (Lipinski definition) is 1. The molecule has 114 valence electrons. The predicted molar refractivity (Wildman–Crippen MR) is 90.1 cm³/mol. The Kier molecular flexibility index (Phi) is 3.75. The monoisotopic (exact) mass is 294 g/mol. The Balaban J connectivity index is 2.18. The van der Waals surface area contributed by atoms with Gasteiger partial charge >= 0.3 is 0 Å². The van der Waals surface area contributed by atoms with E-state index in [0.29, 0.717) is 5.92 Å². The van der Waals surface area contributed by atoms with Crippen LogP contribution < -0.4 is 0 Å². The average Bonchev–Trinajstić information content (AvgIpc) is 2.85.